The molecule has 6 nitrogen and oxygen atoms in total. The first-order chi connectivity index (χ1) is 7.00. The van der Waals surface area contributed by atoms with Crippen LogP contribution in [0.4, 0.5) is 5.82 Å². The van der Waals surface area contributed by atoms with Crippen LogP contribution >= 0.6 is 0 Å². The molecular weight excluding hydrogens is 196 g/mol. The Labute approximate surface area is 87.0 Å². The molecule has 6 heteroatoms. The Morgan fingerprint density at radius 1 is 1.73 bits per heavy atom. The Hall–Kier alpha value is -1.43. The van der Waals surface area contributed by atoms with Gasteiger partial charge < -0.3 is 15.8 Å². The lowest BCUT2D eigenvalue weighted by Gasteiger charge is -1.99. The normalized spacial score (nSPS) is 27.7. The monoisotopic (exact) mass is 210 g/mol. The van der Waals surface area contributed by atoms with Gasteiger partial charge in [0.1, 0.15) is 0 Å². The van der Waals surface area contributed by atoms with Gasteiger partial charge >= 0.3 is 5.82 Å². The molecule has 1 aliphatic carbocycles. The fourth-order valence-corrected chi connectivity index (χ4v) is 2.46. The predicted molar refractivity (Wildman–Crippen MR) is 54.3 cm³/mol. The van der Waals surface area contributed by atoms with E-state index in [2.05, 4.69) is 24.0 Å². The molecule has 2 rings (SSSR count). The average molecular weight is 210 g/mol. The van der Waals surface area contributed by atoms with Crippen molar-refractivity contribution in [2.75, 3.05) is 6.54 Å². The summed E-state index contributed by atoms with van der Waals surface area (Å²) in [6, 6.07) is 0. The van der Waals surface area contributed by atoms with Gasteiger partial charge in [0.05, 0.1) is 11.8 Å². The molecule has 0 aliphatic heterocycles. The van der Waals surface area contributed by atoms with E-state index >= 15 is 0 Å². The molecule has 1 aliphatic rings. The molecule has 1 heterocycles. The summed E-state index contributed by atoms with van der Waals surface area (Å²) in [5, 5.41) is 16.9. The molecular formula is C9H14N4O2. The largest absolute Gasteiger partial charge is 0.358 e. The molecule has 2 atom stereocenters. The van der Waals surface area contributed by atoms with Crippen molar-refractivity contribution >= 4 is 5.82 Å². The number of nitrogens with two attached hydrogens (primary N) is 1. The Morgan fingerprint density at radius 2 is 2.40 bits per heavy atom. The van der Waals surface area contributed by atoms with Crippen molar-refractivity contribution in [1.29, 1.82) is 0 Å². The van der Waals surface area contributed by atoms with Gasteiger partial charge in [0.15, 0.2) is 0 Å². The second-order valence-electron chi connectivity index (χ2n) is 4.57. The van der Waals surface area contributed by atoms with E-state index in [1.807, 2.05) is 0 Å². The van der Waals surface area contributed by atoms with Crippen LogP contribution < -0.4 is 5.73 Å². The zero-order chi connectivity index (χ0) is 11.2. The van der Waals surface area contributed by atoms with Gasteiger partial charge in [-0.1, -0.05) is 18.9 Å². The molecule has 1 aromatic rings. The lowest BCUT2D eigenvalue weighted by molar-refractivity contribution is -0.390. The van der Waals surface area contributed by atoms with Crippen LogP contribution in [0.1, 0.15) is 25.3 Å². The van der Waals surface area contributed by atoms with Gasteiger partial charge in [0.25, 0.3) is 0 Å². The van der Waals surface area contributed by atoms with Crippen molar-refractivity contribution in [2.45, 2.75) is 19.8 Å². The molecule has 1 saturated carbocycles. The fraction of sp³-hybridized carbons (Fsp3) is 0.667. The van der Waals surface area contributed by atoms with Crippen molar-refractivity contribution in [2.24, 2.45) is 17.1 Å². The first kappa shape index (κ1) is 10.1. The number of nitro groups is 1. The third-order valence-corrected chi connectivity index (χ3v) is 3.47. The van der Waals surface area contributed by atoms with Crippen LogP contribution in [0.5, 0.6) is 0 Å². The summed E-state index contributed by atoms with van der Waals surface area (Å²) < 4.78 is 0. The van der Waals surface area contributed by atoms with Gasteiger partial charge in [-0.3, -0.25) is 0 Å². The molecule has 0 saturated heterocycles. The van der Waals surface area contributed by atoms with E-state index in [1.165, 1.54) is 0 Å². The van der Waals surface area contributed by atoms with Crippen LogP contribution in [-0.2, 0) is 0 Å². The van der Waals surface area contributed by atoms with E-state index in [0.717, 1.165) is 0 Å². The molecule has 0 aromatic carbocycles. The topological polar surface area (TPSA) is 97.8 Å². The summed E-state index contributed by atoms with van der Waals surface area (Å²) in [5.74, 6) is 0.472. The minimum atomic E-state index is -0.426. The van der Waals surface area contributed by atoms with E-state index < -0.39 is 4.92 Å². The van der Waals surface area contributed by atoms with Crippen LogP contribution in [0.2, 0.25) is 0 Å². The lowest BCUT2D eigenvalue weighted by Crippen LogP contribution is -2.05. The van der Waals surface area contributed by atoms with Crippen LogP contribution in [0.15, 0.2) is 6.20 Å². The Bertz CT molecular complexity index is 399. The maximum Gasteiger partial charge on any atom is 0.346 e. The average Bonchev–Trinajstić information content (AvgIpc) is 2.57. The fourth-order valence-electron chi connectivity index (χ4n) is 2.46. The minimum Gasteiger partial charge on any atom is -0.358 e. The van der Waals surface area contributed by atoms with Gasteiger partial charge in [-0.2, -0.15) is 0 Å². The molecule has 1 aromatic heterocycles. The number of hydrogen-bond acceptors (Lipinski definition) is 4. The quantitative estimate of drug-likeness (QED) is 0.574. The SMILES string of the molecule is CC1(C)C(CN)C1c1cn[nH]c1[N+](=O)[O-]. The summed E-state index contributed by atoms with van der Waals surface area (Å²) in [6.07, 6.45) is 1.54. The van der Waals surface area contributed by atoms with Crippen molar-refractivity contribution in [1.82, 2.24) is 10.2 Å². The number of nitrogens with one attached hydrogen (secondary N) is 1. The third kappa shape index (κ3) is 1.32. The minimum absolute atomic E-state index is 0.00373. The van der Waals surface area contributed by atoms with Gasteiger partial charge in [0.2, 0.25) is 0 Å². The number of aromatic amines is 1. The van der Waals surface area contributed by atoms with Gasteiger partial charge in [-0.15, -0.1) is 5.10 Å². The zero-order valence-corrected chi connectivity index (χ0v) is 8.73. The van der Waals surface area contributed by atoms with Gasteiger partial charge in [-0.05, 0) is 22.8 Å². The number of rotatable bonds is 3. The Kier molecular flexibility index (Phi) is 2.04. The molecule has 0 radical (unpaired) electrons. The summed E-state index contributed by atoms with van der Waals surface area (Å²) >= 11 is 0. The van der Waals surface area contributed by atoms with Crippen molar-refractivity contribution in [3.05, 3.63) is 21.9 Å². The molecule has 15 heavy (non-hydrogen) atoms. The number of H-pyrrole nitrogens is 1. The van der Waals surface area contributed by atoms with E-state index in [9.17, 15) is 10.1 Å². The second-order valence-corrected chi connectivity index (χ2v) is 4.57. The Balaban J connectivity index is 2.33. The summed E-state index contributed by atoms with van der Waals surface area (Å²) in [6.45, 7) is 4.71. The molecule has 3 N–H and O–H groups in total. The molecule has 2 unspecified atom stereocenters. The predicted octanol–water partition coefficient (Wildman–Crippen LogP) is 1.02. The standard InChI is InChI=1S/C9H14N4O2/c1-9(2)6(3-10)7(9)5-4-11-12-8(5)13(14)15/h4,6-7H,3,10H2,1-2H3,(H,11,12). The van der Waals surface area contributed by atoms with Gasteiger partial charge in [0, 0.05) is 5.92 Å². The highest BCUT2D eigenvalue weighted by Gasteiger charge is 2.59. The van der Waals surface area contributed by atoms with Gasteiger partial charge in [-0.25, -0.2) is 0 Å². The van der Waals surface area contributed by atoms with Crippen molar-refractivity contribution in [3.63, 3.8) is 0 Å². The van der Waals surface area contributed by atoms with Crippen molar-refractivity contribution in [3.8, 4) is 0 Å². The number of aromatic nitrogens is 2. The Morgan fingerprint density at radius 3 is 2.87 bits per heavy atom. The van der Waals surface area contributed by atoms with Crippen LogP contribution in [0.3, 0.4) is 0 Å². The maximum absolute atomic E-state index is 10.7. The van der Waals surface area contributed by atoms with E-state index in [4.69, 9.17) is 5.73 Å². The maximum atomic E-state index is 10.7. The smallest absolute Gasteiger partial charge is 0.346 e. The van der Waals surface area contributed by atoms with E-state index in [1.54, 1.807) is 6.20 Å². The summed E-state index contributed by atoms with van der Waals surface area (Å²) in [5.41, 5.74) is 6.36. The summed E-state index contributed by atoms with van der Waals surface area (Å²) in [7, 11) is 0. The number of nitrogens with zero attached hydrogens (tertiary/aromatic N) is 2. The zero-order valence-electron chi connectivity index (χ0n) is 8.73. The van der Waals surface area contributed by atoms with Crippen LogP contribution in [-0.4, -0.2) is 21.7 Å². The summed E-state index contributed by atoms with van der Waals surface area (Å²) in [4.78, 5) is 10.3. The highest BCUT2D eigenvalue weighted by atomic mass is 16.6. The molecule has 0 spiro atoms. The first-order valence-corrected chi connectivity index (χ1v) is 4.88. The van der Waals surface area contributed by atoms with Crippen molar-refractivity contribution < 1.29 is 4.92 Å². The molecule has 0 amide bonds. The third-order valence-electron chi connectivity index (χ3n) is 3.47. The van der Waals surface area contributed by atoms with Crippen LogP contribution in [0, 0.1) is 21.4 Å². The highest BCUT2D eigenvalue weighted by molar-refractivity contribution is 5.41. The number of hydrogen-bond donors (Lipinski definition) is 2. The van der Waals surface area contributed by atoms with E-state index in [0.29, 0.717) is 18.0 Å². The van der Waals surface area contributed by atoms with Crippen LogP contribution in [0.25, 0.3) is 0 Å². The molecule has 1 fully saturated rings. The molecule has 0 bridgehead atoms. The van der Waals surface area contributed by atoms with E-state index in [-0.39, 0.29) is 17.2 Å². The highest BCUT2D eigenvalue weighted by Crippen LogP contribution is 2.64. The molecule has 82 valence electrons. The second kappa shape index (κ2) is 3.03. The first-order valence-electron chi connectivity index (χ1n) is 4.88. The lowest BCUT2D eigenvalue weighted by atomic mass is 10.1.